The van der Waals surface area contributed by atoms with Gasteiger partial charge >= 0.3 is 0 Å². The van der Waals surface area contributed by atoms with Gasteiger partial charge in [-0.25, -0.2) is 15.0 Å². The summed E-state index contributed by atoms with van der Waals surface area (Å²) in [7, 11) is 0. The summed E-state index contributed by atoms with van der Waals surface area (Å²) >= 11 is 0. The van der Waals surface area contributed by atoms with Crippen LogP contribution in [-0.2, 0) is 0 Å². The van der Waals surface area contributed by atoms with Crippen molar-refractivity contribution < 1.29 is 0 Å². The molecule has 58 heavy (non-hydrogen) atoms. The molecule has 0 bridgehead atoms. The number of benzene rings is 9. The Morgan fingerprint density at radius 1 is 0.259 bits per heavy atom. The molecule has 0 fully saturated rings. The van der Waals surface area contributed by atoms with Crippen molar-refractivity contribution in [2.75, 3.05) is 0 Å². The molecule has 0 saturated heterocycles. The lowest BCUT2D eigenvalue weighted by atomic mass is 9.88. The van der Waals surface area contributed by atoms with Crippen LogP contribution in [0.25, 0.3) is 111 Å². The van der Waals surface area contributed by atoms with Crippen molar-refractivity contribution >= 4 is 43.1 Å². The molecule has 11 rings (SSSR count). The first kappa shape index (κ1) is 33.5. The van der Waals surface area contributed by atoms with E-state index in [4.69, 9.17) is 15.0 Å². The highest BCUT2D eigenvalue weighted by molar-refractivity contribution is 6.16. The topological polar surface area (TPSA) is 51.6 Å². The average Bonchev–Trinajstić information content (AvgIpc) is 3.31. The van der Waals surface area contributed by atoms with E-state index in [2.05, 4.69) is 175 Å². The minimum absolute atomic E-state index is 0.610. The summed E-state index contributed by atoms with van der Waals surface area (Å²) in [4.78, 5) is 19.9. The lowest BCUT2D eigenvalue weighted by molar-refractivity contribution is 1.07. The maximum atomic E-state index is 5.26. The van der Waals surface area contributed by atoms with Gasteiger partial charge in [0.2, 0.25) is 0 Å². The van der Waals surface area contributed by atoms with Crippen LogP contribution in [0.5, 0.6) is 0 Å². The molecule has 2 aromatic heterocycles. The van der Waals surface area contributed by atoms with Crippen LogP contribution in [0.1, 0.15) is 0 Å². The number of aromatic nitrogens is 4. The van der Waals surface area contributed by atoms with Crippen LogP contribution in [-0.4, -0.2) is 19.9 Å². The smallest absolute Gasteiger partial charge is 0.164 e. The zero-order chi connectivity index (χ0) is 38.4. The molecule has 0 aliphatic rings. The summed E-state index contributed by atoms with van der Waals surface area (Å²) in [5.41, 5.74) is 9.39. The molecule has 0 N–H and O–H groups in total. The zero-order valence-electron chi connectivity index (χ0n) is 31.4. The Kier molecular flexibility index (Phi) is 8.11. The maximum Gasteiger partial charge on any atom is 0.164 e. The van der Waals surface area contributed by atoms with Gasteiger partial charge in [-0.05, 0) is 113 Å². The first-order valence-electron chi connectivity index (χ1n) is 19.5. The summed E-state index contributed by atoms with van der Waals surface area (Å²) < 4.78 is 0. The molecule has 0 saturated carbocycles. The molecule has 9 aromatic carbocycles. The van der Waals surface area contributed by atoms with E-state index < -0.39 is 0 Å². The second kappa shape index (κ2) is 14.0. The lowest BCUT2D eigenvalue weighted by Crippen LogP contribution is -2.01. The molecular formula is C54H34N4. The number of nitrogens with zero attached hydrogens (tertiary/aromatic N) is 4. The van der Waals surface area contributed by atoms with Crippen molar-refractivity contribution in [1.82, 2.24) is 19.9 Å². The van der Waals surface area contributed by atoms with Gasteiger partial charge in [0.25, 0.3) is 0 Å². The van der Waals surface area contributed by atoms with Crippen molar-refractivity contribution in [2.24, 2.45) is 0 Å². The first-order chi connectivity index (χ1) is 28.7. The molecule has 0 radical (unpaired) electrons. The van der Waals surface area contributed by atoms with Crippen molar-refractivity contribution in [3.8, 4) is 67.5 Å². The van der Waals surface area contributed by atoms with Gasteiger partial charge in [-0.2, -0.15) is 0 Å². The molecule has 0 unspecified atom stereocenters. The molecule has 0 amide bonds. The summed E-state index contributed by atoms with van der Waals surface area (Å²) in [6.07, 6.45) is 3.67. The van der Waals surface area contributed by atoms with Crippen LogP contribution in [0.15, 0.2) is 207 Å². The van der Waals surface area contributed by atoms with Crippen molar-refractivity contribution in [1.29, 1.82) is 0 Å². The second-order valence-electron chi connectivity index (χ2n) is 14.7. The standard InChI is InChI=1S/C54H34N4/c1-2-13-36(14-3-1)52-56-53(37-26-24-35(25-27-37)40-17-12-28-55-34-40)58-54(57-52)43-30-41(50-32-38-15-4-6-18-44(38)46-20-8-10-22-48(46)50)29-42(31-43)51-33-39-16-5-7-19-45(39)47-21-9-11-23-49(47)51/h1-34H. The number of pyridine rings is 1. The molecule has 4 heteroatoms. The van der Waals surface area contributed by atoms with Crippen LogP contribution >= 0.6 is 0 Å². The number of rotatable bonds is 6. The molecule has 0 aliphatic carbocycles. The van der Waals surface area contributed by atoms with Crippen LogP contribution in [0.4, 0.5) is 0 Å². The van der Waals surface area contributed by atoms with E-state index in [9.17, 15) is 0 Å². The van der Waals surface area contributed by atoms with E-state index in [-0.39, 0.29) is 0 Å². The molecule has 0 aliphatic heterocycles. The molecule has 0 spiro atoms. The molecular weight excluding hydrogens is 705 g/mol. The van der Waals surface area contributed by atoms with Crippen LogP contribution in [0.3, 0.4) is 0 Å². The second-order valence-corrected chi connectivity index (χ2v) is 14.7. The first-order valence-corrected chi connectivity index (χ1v) is 19.5. The summed E-state index contributed by atoms with van der Waals surface area (Å²) in [6.45, 7) is 0. The van der Waals surface area contributed by atoms with E-state index in [1.165, 1.54) is 43.1 Å². The SMILES string of the molecule is c1ccc(-c2nc(-c3ccc(-c4cccnc4)cc3)nc(-c3cc(-c4cc5ccccc5c5ccccc45)cc(-c4cc5ccccc5c5ccccc45)c3)n2)cc1. The minimum Gasteiger partial charge on any atom is -0.264 e. The third-order valence-corrected chi connectivity index (χ3v) is 11.2. The van der Waals surface area contributed by atoms with E-state index in [1.807, 2.05) is 30.5 Å². The van der Waals surface area contributed by atoms with E-state index in [1.54, 1.807) is 6.20 Å². The predicted octanol–water partition coefficient (Wildman–Crippen LogP) is 13.9. The quantitative estimate of drug-likeness (QED) is 0.159. The number of hydrogen-bond donors (Lipinski definition) is 0. The van der Waals surface area contributed by atoms with Crippen LogP contribution in [0.2, 0.25) is 0 Å². The predicted molar refractivity (Wildman–Crippen MR) is 240 cm³/mol. The van der Waals surface area contributed by atoms with Crippen LogP contribution < -0.4 is 0 Å². The Hall–Kier alpha value is -7.82. The zero-order valence-corrected chi connectivity index (χ0v) is 31.4. The highest BCUT2D eigenvalue weighted by Crippen LogP contribution is 2.42. The van der Waals surface area contributed by atoms with Gasteiger partial charge in [0.05, 0.1) is 0 Å². The Labute approximate surface area is 335 Å². The maximum absolute atomic E-state index is 5.26. The van der Waals surface area contributed by atoms with Gasteiger partial charge in [-0.3, -0.25) is 4.98 Å². The van der Waals surface area contributed by atoms with Gasteiger partial charge in [-0.1, -0.05) is 158 Å². The molecule has 11 aromatic rings. The van der Waals surface area contributed by atoms with Crippen LogP contribution in [0, 0.1) is 0 Å². The van der Waals surface area contributed by atoms with Gasteiger partial charge in [0.1, 0.15) is 0 Å². The number of hydrogen-bond acceptors (Lipinski definition) is 4. The molecule has 4 nitrogen and oxygen atoms in total. The van der Waals surface area contributed by atoms with Gasteiger partial charge in [0.15, 0.2) is 17.5 Å². The fourth-order valence-corrected chi connectivity index (χ4v) is 8.35. The van der Waals surface area contributed by atoms with Crippen molar-refractivity contribution in [3.63, 3.8) is 0 Å². The minimum atomic E-state index is 0.610. The summed E-state index contributed by atoms with van der Waals surface area (Å²) in [6, 6.07) is 68.8. The normalized spacial score (nSPS) is 11.4. The Morgan fingerprint density at radius 3 is 1.21 bits per heavy atom. The van der Waals surface area contributed by atoms with Gasteiger partial charge < -0.3 is 0 Å². The summed E-state index contributed by atoms with van der Waals surface area (Å²) in [5.74, 6) is 1.84. The Balaban J connectivity index is 1.18. The van der Waals surface area contributed by atoms with E-state index >= 15 is 0 Å². The fraction of sp³-hybridized carbons (Fsp3) is 0. The molecule has 0 atom stereocenters. The number of fused-ring (bicyclic) bond motifs is 6. The average molecular weight is 739 g/mol. The monoisotopic (exact) mass is 738 g/mol. The van der Waals surface area contributed by atoms with E-state index in [0.29, 0.717) is 17.5 Å². The van der Waals surface area contributed by atoms with Gasteiger partial charge in [0, 0.05) is 29.1 Å². The lowest BCUT2D eigenvalue weighted by Gasteiger charge is -2.16. The third-order valence-electron chi connectivity index (χ3n) is 11.2. The molecule has 2 heterocycles. The largest absolute Gasteiger partial charge is 0.264 e. The van der Waals surface area contributed by atoms with E-state index in [0.717, 1.165) is 50.1 Å². The summed E-state index contributed by atoms with van der Waals surface area (Å²) in [5, 5.41) is 9.71. The third kappa shape index (κ3) is 5.96. The Bertz CT molecular complexity index is 3190. The Morgan fingerprint density at radius 2 is 0.672 bits per heavy atom. The van der Waals surface area contributed by atoms with Gasteiger partial charge in [-0.15, -0.1) is 0 Å². The highest BCUT2D eigenvalue weighted by Gasteiger charge is 2.18. The highest BCUT2D eigenvalue weighted by atomic mass is 15.0. The molecule has 270 valence electrons. The fourth-order valence-electron chi connectivity index (χ4n) is 8.35. The van der Waals surface area contributed by atoms with Crippen molar-refractivity contribution in [2.45, 2.75) is 0 Å². The van der Waals surface area contributed by atoms with Crippen molar-refractivity contribution in [3.05, 3.63) is 207 Å².